The highest BCUT2D eigenvalue weighted by Gasteiger charge is 2.39. The maximum Gasteiger partial charge on any atom is 0.230 e. The Morgan fingerprint density at radius 1 is 1.30 bits per heavy atom. The Hall–Kier alpha value is -1.06. The number of benzene rings is 1. The molecule has 0 spiro atoms. The minimum Gasteiger partial charge on any atom is -0.326 e. The van der Waals surface area contributed by atoms with Gasteiger partial charge in [0, 0.05) is 17.6 Å². The lowest BCUT2D eigenvalue weighted by Crippen LogP contribution is -2.33. The summed E-state index contributed by atoms with van der Waals surface area (Å²) in [6.07, 6.45) is 5.37. The number of anilines is 1. The van der Waals surface area contributed by atoms with Crippen molar-refractivity contribution in [3.05, 3.63) is 29.8 Å². The van der Waals surface area contributed by atoms with Crippen LogP contribution < -0.4 is 10.6 Å². The van der Waals surface area contributed by atoms with Gasteiger partial charge in [0.25, 0.3) is 0 Å². The average Bonchev–Trinajstić information content (AvgIpc) is 2.89. The lowest BCUT2D eigenvalue weighted by molar-refractivity contribution is -0.125. The highest BCUT2D eigenvalue weighted by molar-refractivity contribution is 5.95. The number of hydrogen-bond donors (Lipinski definition) is 2. The largest absolute Gasteiger partial charge is 0.326 e. The van der Waals surface area contributed by atoms with Crippen LogP contribution >= 0.6 is 12.4 Å². The second kappa shape index (κ2) is 7.65. The minimum absolute atomic E-state index is 0. The van der Waals surface area contributed by atoms with Crippen molar-refractivity contribution < 1.29 is 4.79 Å². The van der Waals surface area contributed by atoms with Crippen LogP contribution in [0.2, 0.25) is 0 Å². The third kappa shape index (κ3) is 3.74. The Labute approximate surface area is 127 Å². The molecule has 0 saturated heterocycles. The summed E-state index contributed by atoms with van der Waals surface area (Å²) in [4.78, 5) is 12.5. The van der Waals surface area contributed by atoms with Crippen molar-refractivity contribution in [1.29, 1.82) is 0 Å². The maximum absolute atomic E-state index is 12.5. The molecule has 0 radical (unpaired) electrons. The molecule has 0 aliphatic heterocycles. The van der Waals surface area contributed by atoms with Gasteiger partial charge in [-0.2, -0.15) is 0 Å². The molecule has 0 aromatic heterocycles. The zero-order valence-electron chi connectivity index (χ0n) is 12.4. The van der Waals surface area contributed by atoms with E-state index >= 15 is 0 Å². The lowest BCUT2D eigenvalue weighted by atomic mass is 9.82. The van der Waals surface area contributed by atoms with Crippen molar-refractivity contribution in [2.75, 3.05) is 12.4 Å². The van der Waals surface area contributed by atoms with E-state index in [-0.39, 0.29) is 23.7 Å². The van der Waals surface area contributed by atoms with Crippen LogP contribution in [-0.4, -0.2) is 13.0 Å². The standard InChI is InChI=1S/C16H24N2O.ClH/c1-3-16(9-4-5-10-16)15(19)18-14-8-6-7-13(11-14)12-17-2;/h6-8,11,17H,3-5,9-10,12H2,1-2H3,(H,18,19);1H. The molecule has 1 amide bonds. The highest BCUT2D eigenvalue weighted by atomic mass is 35.5. The molecule has 2 N–H and O–H groups in total. The summed E-state index contributed by atoms with van der Waals surface area (Å²) in [6, 6.07) is 8.08. The number of halogens is 1. The van der Waals surface area contributed by atoms with Crippen molar-refractivity contribution in [2.45, 2.75) is 45.6 Å². The minimum atomic E-state index is -0.126. The van der Waals surface area contributed by atoms with Crippen molar-refractivity contribution in [3.63, 3.8) is 0 Å². The van der Waals surface area contributed by atoms with Gasteiger partial charge in [0.1, 0.15) is 0 Å². The van der Waals surface area contributed by atoms with Gasteiger partial charge in [-0.1, -0.05) is 31.9 Å². The van der Waals surface area contributed by atoms with Gasteiger partial charge in [-0.3, -0.25) is 4.79 Å². The van der Waals surface area contributed by atoms with Crippen LogP contribution in [0.25, 0.3) is 0 Å². The van der Waals surface area contributed by atoms with E-state index < -0.39 is 0 Å². The number of hydrogen-bond acceptors (Lipinski definition) is 2. The zero-order chi connectivity index (χ0) is 13.7. The summed E-state index contributed by atoms with van der Waals surface area (Å²) in [7, 11) is 1.93. The first-order chi connectivity index (χ1) is 9.20. The first-order valence-corrected chi connectivity index (χ1v) is 7.25. The molecule has 1 aromatic carbocycles. The predicted molar refractivity (Wildman–Crippen MR) is 86.3 cm³/mol. The average molecular weight is 297 g/mol. The Bertz CT molecular complexity index is 442. The fraction of sp³-hybridized carbons (Fsp3) is 0.562. The molecule has 2 rings (SSSR count). The van der Waals surface area contributed by atoms with E-state index in [1.165, 1.54) is 18.4 Å². The first kappa shape index (κ1) is 17.0. The predicted octanol–water partition coefficient (Wildman–Crippen LogP) is 3.74. The fourth-order valence-corrected chi connectivity index (χ4v) is 3.02. The smallest absolute Gasteiger partial charge is 0.230 e. The summed E-state index contributed by atoms with van der Waals surface area (Å²) >= 11 is 0. The van der Waals surface area contributed by atoms with Crippen molar-refractivity contribution in [3.8, 4) is 0 Å². The van der Waals surface area contributed by atoms with Gasteiger partial charge in [-0.15, -0.1) is 12.4 Å². The molecule has 3 nitrogen and oxygen atoms in total. The molecule has 112 valence electrons. The summed E-state index contributed by atoms with van der Waals surface area (Å²) < 4.78 is 0. The van der Waals surface area contributed by atoms with Crippen molar-refractivity contribution in [1.82, 2.24) is 5.32 Å². The molecule has 1 aliphatic rings. The van der Waals surface area contributed by atoms with E-state index in [1.54, 1.807) is 0 Å². The van der Waals surface area contributed by atoms with E-state index in [9.17, 15) is 4.79 Å². The fourth-order valence-electron chi connectivity index (χ4n) is 3.02. The van der Waals surface area contributed by atoms with E-state index in [2.05, 4.69) is 23.6 Å². The number of nitrogens with one attached hydrogen (secondary N) is 2. The monoisotopic (exact) mass is 296 g/mol. The van der Waals surface area contributed by atoms with Gasteiger partial charge in [0.05, 0.1) is 0 Å². The molecule has 1 aliphatic carbocycles. The van der Waals surface area contributed by atoms with Crippen LogP contribution in [0.3, 0.4) is 0 Å². The van der Waals surface area contributed by atoms with Gasteiger partial charge < -0.3 is 10.6 Å². The molecule has 0 bridgehead atoms. The van der Waals surface area contributed by atoms with Crippen molar-refractivity contribution in [2.24, 2.45) is 5.41 Å². The van der Waals surface area contributed by atoms with Crippen LogP contribution in [0, 0.1) is 5.41 Å². The third-order valence-electron chi connectivity index (χ3n) is 4.28. The topological polar surface area (TPSA) is 41.1 Å². The molecular weight excluding hydrogens is 272 g/mol. The van der Waals surface area contributed by atoms with Gasteiger partial charge >= 0.3 is 0 Å². The van der Waals surface area contributed by atoms with E-state index in [4.69, 9.17) is 0 Å². The second-order valence-corrected chi connectivity index (χ2v) is 5.53. The number of carbonyl (C=O) groups excluding carboxylic acids is 1. The quantitative estimate of drug-likeness (QED) is 0.869. The summed E-state index contributed by atoms with van der Waals surface area (Å²) in [6.45, 7) is 2.95. The van der Waals surface area contributed by atoms with Crippen LogP contribution in [-0.2, 0) is 11.3 Å². The molecular formula is C16H25ClN2O. The van der Waals surface area contributed by atoms with E-state index in [0.717, 1.165) is 31.5 Å². The first-order valence-electron chi connectivity index (χ1n) is 7.25. The number of amides is 1. The van der Waals surface area contributed by atoms with Gasteiger partial charge in [0.15, 0.2) is 0 Å². The molecule has 1 aromatic rings. The Kier molecular flexibility index (Phi) is 6.50. The molecule has 1 saturated carbocycles. The summed E-state index contributed by atoms with van der Waals surface area (Å²) in [5.41, 5.74) is 1.98. The number of carbonyl (C=O) groups is 1. The Morgan fingerprint density at radius 3 is 2.60 bits per heavy atom. The molecule has 0 unspecified atom stereocenters. The molecule has 4 heteroatoms. The van der Waals surface area contributed by atoms with Gasteiger partial charge in [-0.05, 0) is 44.0 Å². The Morgan fingerprint density at radius 2 is 2.00 bits per heavy atom. The molecule has 0 atom stereocenters. The molecule has 1 fully saturated rings. The molecule has 0 heterocycles. The van der Waals surface area contributed by atoms with Crippen molar-refractivity contribution >= 4 is 24.0 Å². The summed E-state index contributed by atoms with van der Waals surface area (Å²) in [5, 5.41) is 6.23. The van der Waals surface area contributed by atoms with Crippen LogP contribution in [0.5, 0.6) is 0 Å². The zero-order valence-corrected chi connectivity index (χ0v) is 13.2. The second-order valence-electron chi connectivity index (χ2n) is 5.53. The van der Waals surface area contributed by atoms with E-state index in [0.29, 0.717) is 0 Å². The SMILES string of the molecule is CCC1(C(=O)Nc2cccc(CNC)c2)CCCC1.Cl. The van der Waals surface area contributed by atoms with Gasteiger partial charge in [-0.25, -0.2) is 0 Å². The molecule has 20 heavy (non-hydrogen) atoms. The van der Waals surface area contributed by atoms with Gasteiger partial charge in [0.2, 0.25) is 5.91 Å². The van der Waals surface area contributed by atoms with Crippen LogP contribution in [0.15, 0.2) is 24.3 Å². The normalized spacial score (nSPS) is 16.5. The Balaban J connectivity index is 0.00000200. The third-order valence-corrected chi connectivity index (χ3v) is 4.28. The lowest BCUT2D eigenvalue weighted by Gasteiger charge is -2.26. The van der Waals surface area contributed by atoms with Crippen LogP contribution in [0.1, 0.15) is 44.6 Å². The van der Waals surface area contributed by atoms with Crippen LogP contribution in [0.4, 0.5) is 5.69 Å². The number of rotatable bonds is 5. The maximum atomic E-state index is 12.5. The summed E-state index contributed by atoms with van der Waals surface area (Å²) in [5.74, 6) is 0.203. The van der Waals surface area contributed by atoms with E-state index in [1.807, 2.05) is 25.2 Å². The highest BCUT2D eigenvalue weighted by Crippen LogP contribution is 2.41.